The number of nitrogens with two attached hydrogens (primary N) is 2. The van der Waals surface area contributed by atoms with E-state index in [1.807, 2.05) is 14.1 Å². The average Bonchev–Trinajstić information content (AvgIpc) is 2.27. The molecule has 0 heterocycles. The number of benzene rings is 1. The first-order valence-corrected chi connectivity index (χ1v) is 5.84. The fourth-order valence-electron chi connectivity index (χ4n) is 1.39. The highest BCUT2D eigenvalue weighted by molar-refractivity contribution is 5.99. The summed E-state index contributed by atoms with van der Waals surface area (Å²) in [4.78, 5) is 13.5. The van der Waals surface area contributed by atoms with Crippen molar-refractivity contribution in [1.82, 2.24) is 4.90 Å². The van der Waals surface area contributed by atoms with Crippen LogP contribution in [0.1, 0.15) is 24.2 Å². The van der Waals surface area contributed by atoms with Gasteiger partial charge in [-0.25, -0.2) is 0 Å². The predicted molar refractivity (Wildman–Crippen MR) is 75.6 cm³/mol. The summed E-state index contributed by atoms with van der Waals surface area (Å²) in [5, 5.41) is 3.25. The molecule has 0 aromatic heterocycles. The third-order valence-corrected chi connectivity index (χ3v) is 3.23. The number of primary amides is 1. The summed E-state index contributed by atoms with van der Waals surface area (Å²) in [6.45, 7) is 4.92. The minimum absolute atomic E-state index is 0.0314. The van der Waals surface area contributed by atoms with E-state index in [4.69, 9.17) is 11.5 Å². The van der Waals surface area contributed by atoms with Crippen LogP contribution < -0.4 is 16.8 Å². The van der Waals surface area contributed by atoms with Crippen molar-refractivity contribution >= 4 is 17.3 Å². The lowest BCUT2D eigenvalue weighted by Crippen LogP contribution is -2.44. The van der Waals surface area contributed by atoms with Gasteiger partial charge in [-0.1, -0.05) is 0 Å². The van der Waals surface area contributed by atoms with Gasteiger partial charge in [-0.15, -0.1) is 0 Å². The van der Waals surface area contributed by atoms with Crippen LogP contribution in [0.25, 0.3) is 0 Å². The van der Waals surface area contributed by atoms with E-state index in [0.717, 1.165) is 0 Å². The normalized spacial score (nSPS) is 11.6. The first kappa shape index (κ1) is 14.3. The predicted octanol–water partition coefficient (Wildman–Crippen LogP) is 1.12. The molecule has 0 fully saturated rings. The van der Waals surface area contributed by atoms with Crippen molar-refractivity contribution in [2.45, 2.75) is 19.4 Å². The van der Waals surface area contributed by atoms with Crippen LogP contribution in [0, 0.1) is 0 Å². The SMILES string of the molecule is CN(C)C(C)(C)CNc1ccc(N)cc1C(N)=O. The van der Waals surface area contributed by atoms with E-state index in [1.54, 1.807) is 18.2 Å². The third kappa shape index (κ3) is 3.37. The summed E-state index contributed by atoms with van der Waals surface area (Å²) in [6.07, 6.45) is 0. The number of carbonyl (C=O) groups excluding carboxylic acids is 1. The van der Waals surface area contributed by atoms with Gasteiger partial charge in [-0.05, 0) is 46.1 Å². The van der Waals surface area contributed by atoms with Gasteiger partial charge < -0.3 is 21.7 Å². The number of nitrogens with one attached hydrogen (secondary N) is 1. The van der Waals surface area contributed by atoms with Crippen LogP contribution >= 0.6 is 0 Å². The van der Waals surface area contributed by atoms with Crippen LogP contribution in [0.3, 0.4) is 0 Å². The molecule has 1 rings (SSSR count). The largest absolute Gasteiger partial charge is 0.399 e. The van der Waals surface area contributed by atoms with Crippen LogP contribution in [0.15, 0.2) is 18.2 Å². The molecule has 0 radical (unpaired) electrons. The van der Waals surface area contributed by atoms with Crippen LogP contribution in [0.4, 0.5) is 11.4 Å². The maximum absolute atomic E-state index is 11.3. The molecular formula is C13H22N4O. The molecule has 0 bridgehead atoms. The lowest BCUT2D eigenvalue weighted by molar-refractivity contribution is 0.100. The Morgan fingerprint density at radius 3 is 2.50 bits per heavy atom. The summed E-state index contributed by atoms with van der Waals surface area (Å²) in [5.74, 6) is -0.479. The molecular weight excluding hydrogens is 228 g/mol. The third-order valence-electron chi connectivity index (χ3n) is 3.23. The highest BCUT2D eigenvalue weighted by atomic mass is 16.1. The molecule has 0 unspecified atom stereocenters. The van der Waals surface area contributed by atoms with Crippen molar-refractivity contribution in [3.05, 3.63) is 23.8 Å². The number of hydrogen-bond donors (Lipinski definition) is 3. The van der Waals surface area contributed by atoms with E-state index in [1.165, 1.54) is 0 Å². The van der Waals surface area contributed by atoms with Crippen LogP contribution in [-0.2, 0) is 0 Å². The zero-order valence-electron chi connectivity index (χ0n) is 11.4. The topological polar surface area (TPSA) is 84.4 Å². The van der Waals surface area contributed by atoms with Crippen molar-refractivity contribution in [3.63, 3.8) is 0 Å². The van der Waals surface area contributed by atoms with E-state index in [0.29, 0.717) is 23.5 Å². The van der Waals surface area contributed by atoms with E-state index >= 15 is 0 Å². The summed E-state index contributed by atoms with van der Waals surface area (Å²) in [7, 11) is 4.03. The van der Waals surface area contributed by atoms with Gasteiger partial charge >= 0.3 is 0 Å². The highest BCUT2D eigenvalue weighted by Gasteiger charge is 2.20. The molecule has 5 nitrogen and oxygen atoms in total. The van der Waals surface area contributed by atoms with Gasteiger partial charge in [0.2, 0.25) is 0 Å². The number of amides is 1. The van der Waals surface area contributed by atoms with Crippen LogP contribution in [0.5, 0.6) is 0 Å². The van der Waals surface area contributed by atoms with Crippen molar-refractivity contribution in [1.29, 1.82) is 0 Å². The quantitative estimate of drug-likeness (QED) is 0.684. The van der Waals surface area contributed by atoms with Gasteiger partial charge in [0.05, 0.1) is 5.56 Å². The molecule has 0 aliphatic rings. The Bertz CT molecular complexity index is 441. The summed E-state index contributed by atoms with van der Waals surface area (Å²) < 4.78 is 0. The number of carbonyl (C=O) groups is 1. The van der Waals surface area contributed by atoms with Gasteiger partial charge in [0.1, 0.15) is 0 Å². The molecule has 0 saturated heterocycles. The Morgan fingerprint density at radius 2 is 2.00 bits per heavy atom. The van der Waals surface area contributed by atoms with Crippen LogP contribution in [0.2, 0.25) is 0 Å². The van der Waals surface area contributed by atoms with E-state index in [2.05, 4.69) is 24.1 Å². The Hall–Kier alpha value is -1.75. The Balaban J connectivity index is 2.89. The first-order valence-electron chi connectivity index (χ1n) is 5.84. The van der Waals surface area contributed by atoms with E-state index in [9.17, 15) is 4.79 Å². The molecule has 1 aromatic carbocycles. The fraction of sp³-hybridized carbons (Fsp3) is 0.462. The van der Waals surface area contributed by atoms with Crippen molar-refractivity contribution in [2.75, 3.05) is 31.7 Å². The molecule has 18 heavy (non-hydrogen) atoms. The number of hydrogen-bond acceptors (Lipinski definition) is 4. The second kappa shape index (κ2) is 5.27. The van der Waals surface area contributed by atoms with E-state index < -0.39 is 5.91 Å². The number of anilines is 2. The minimum atomic E-state index is -0.479. The monoisotopic (exact) mass is 250 g/mol. The molecule has 0 spiro atoms. The molecule has 0 saturated carbocycles. The van der Waals surface area contributed by atoms with E-state index in [-0.39, 0.29) is 5.54 Å². The molecule has 1 aromatic rings. The Morgan fingerprint density at radius 1 is 1.39 bits per heavy atom. The second-order valence-electron chi connectivity index (χ2n) is 5.23. The lowest BCUT2D eigenvalue weighted by atomic mass is 10.0. The van der Waals surface area contributed by atoms with Gasteiger partial charge in [-0.3, -0.25) is 4.79 Å². The molecule has 100 valence electrons. The average molecular weight is 250 g/mol. The number of rotatable bonds is 5. The highest BCUT2D eigenvalue weighted by Crippen LogP contribution is 2.20. The van der Waals surface area contributed by atoms with Gasteiger partial charge in [0.15, 0.2) is 0 Å². The Labute approximate surface area is 108 Å². The summed E-state index contributed by atoms with van der Waals surface area (Å²) in [6, 6.07) is 5.12. The van der Waals surface area contributed by atoms with Crippen LogP contribution in [-0.4, -0.2) is 37.0 Å². The Kier molecular flexibility index (Phi) is 4.19. The number of nitrogens with zero attached hydrogens (tertiary/aromatic N) is 1. The maximum atomic E-state index is 11.3. The molecule has 1 amide bonds. The van der Waals surface area contributed by atoms with Crippen molar-refractivity contribution in [3.8, 4) is 0 Å². The minimum Gasteiger partial charge on any atom is -0.399 e. The number of nitrogen functional groups attached to an aromatic ring is 1. The fourth-order valence-corrected chi connectivity index (χ4v) is 1.39. The van der Waals surface area contributed by atoms with Gasteiger partial charge in [-0.2, -0.15) is 0 Å². The van der Waals surface area contributed by atoms with Gasteiger partial charge in [0, 0.05) is 23.5 Å². The summed E-state index contributed by atoms with van der Waals surface area (Å²) in [5.41, 5.74) is 12.6. The van der Waals surface area contributed by atoms with Crippen molar-refractivity contribution in [2.24, 2.45) is 5.73 Å². The van der Waals surface area contributed by atoms with Gasteiger partial charge in [0.25, 0.3) is 5.91 Å². The second-order valence-corrected chi connectivity index (χ2v) is 5.23. The molecule has 5 heteroatoms. The maximum Gasteiger partial charge on any atom is 0.250 e. The molecule has 0 aliphatic heterocycles. The lowest BCUT2D eigenvalue weighted by Gasteiger charge is -2.33. The summed E-state index contributed by atoms with van der Waals surface area (Å²) >= 11 is 0. The standard InChI is InChI=1S/C13H22N4O/c1-13(2,17(3)4)8-16-11-6-5-9(14)7-10(11)12(15)18/h5-7,16H,8,14H2,1-4H3,(H2,15,18). The zero-order chi connectivity index (χ0) is 13.9. The number of likely N-dealkylation sites (N-methyl/N-ethyl adjacent to an activating group) is 1. The van der Waals surface area contributed by atoms with Crippen molar-refractivity contribution < 1.29 is 4.79 Å². The molecule has 0 aliphatic carbocycles. The molecule has 0 atom stereocenters. The zero-order valence-corrected chi connectivity index (χ0v) is 11.4. The smallest absolute Gasteiger partial charge is 0.250 e. The first-order chi connectivity index (χ1) is 8.24. The molecule has 5 N–H and O–H groups in total.